The molecule has 2 aromatic rings. The second-order valence-corrected chi connectivity index (χ2v) is 7.60. The van der Waals surface area contributed by atoms with Crippen LogP contribution in [0.2, 0.25) is 0 Å². The van der Waals surface area contributed by atoms with Gasteiger partial charge in [0.05, 0.1) is 0 Å². The van der Waals surface area contributed by atoms with Crippen molar-refractivity contribution in [1.82, 2.24) is 0 Å². The Morgan fingerprint density at radius 3 is 1.31 bits per heavy atom. The summed E-state index contributed by atoms with van der Waals surface area (Å²) in [6.45, 7) is 0. The Balaban J connectivity index is 2.16. The summed E-state index contributed by atoms with van der Waals surface area (Å²) in [4.78, 5) is 0. The van der Waals surface area contributed by atoms with Crippen molar-refractivity contribution in [2.24, 2.45) is 0 Å². The van der Waals surface area contributed by atoms with E-state index in [9.17, 15) is 0 Å². The van der Waals surface area contributed by atoms with Crippen molar-refractivity contribution >= 4 is 28.3 Å². The normalized spacial score (nSPS) is 9.85. The summed E-state index contributed by atoms with van der Waals surface area (Å²) in [6.07, 6.45) is 0. The van der Waals surface area contributed by atoms with E-state index in [2.05, 4.69) is 60.7 Å². The molecule has 0 saturated heterocycles. The molecule has 0 atom stereocenters. The zero-order valence-electron chi connectivity index (χ0n) is 7.35. The number of rotatable bonds is 2. The topological polar surface area (TPSA) is 0 Å². The molecular weight excluding hydrogens is 263 g/mol. The summed E-state index contributed by atoms with van der Waals surface area (Å²) in [7, 11) is 0. The SMILES string of the molecule is c1cc[c]([SnH][c]2ccccc2)cc1. The van der Waals surface area contributed by atoms with Gasteiger partial charge in [0.25, 0.3) is 0 Å². The van der Waals surface area contributed by atoms with Crippen molar-refractivity contribution in [2.45, 2.75) is 0 Å². The minimum absolute atomic E-state index is 0.699. The van der Waals surface area contributed by atoms with E-state index in [1.54, 1.807) is 7.16 Å². The molecule has 0 nitrogen and oxygen atoms in total. The van der Waals surface area contributed by atoms with Gasteiger partial charge in [0, 0.05) is 0 Å². The first-order chi connectivity index (χ1) is 6.45. The van der Waals surface area contributed by atoms with Crippen LogP contribution in [-0.4, -0.2) is 21.1 Å². The first kappa shape index (κ1) is 8.82. The van der Waals surface area contributed by atoms with Gasteiger partial charge in [0.1, 0.15) is 0 Å². The summed E-state index contributed by atoms with van der Waals surface area (Å²) in [6, 6.07) is 21.7. The molecule has 13 heavy (non-hydrogen) atoms. The molecular formula is C12H11Sn. The van der Waals surface area contributed by atoms with E-state index < -0.39 is 21.1 Å². The monoisotopic (exact) mass is 275 g/mol. The van der Waals surface area contributed by atoms with Gasteiger partial charge in [-0.15, -0.1) is 0 Å². The summed E-state index contributed by atoms with van der Waals surface area (Å²) < 4.78 is 3.12. The molecule has 0 aromatic heterocycles. The molecule has 0 saturated carbocycles. The molecule has 0 aliphatic rings. The summed E-state index contributed by atoms with van der Waals surface area (Å²) in [5.74, 6) is 0. The van der Waals surface area contributed by atoms with Gasteiger partial charge in [-0.3, -0.25) is 0 Å². The Hall–Kier alpha value is -0.761. The molecule has 0 amide bonds. The Bertz CT molecular complexity index is 316. The third-order valence-corrected chi connectivity index (χ3v) is 6.03. The standard InChI is InChI=1S/2C6H5.Sn.H/c2*1-2-4-6-5-3-1;;/h2*1-5H;;. The Morgan fingerprint density at radius 2 is 0.923 bits per heavy atom. The zero-order valence-corrected chi connectivity index (χ0v) is 10.6. The van der Waals surface area contributed by atoms with Crippen molar-refractivity contribution in [3.8, 4) is 0 Å². The maximum absolute atomic E-state index is 2.24. The van der Waals surface area contributed by atoms with Crippen LogP contribution >= 0.6 is 0 Å². The van der Waals surface area contributed by atoms with Gasteiger partial charge in [0.15, 0.2) is 0 Å². The fourth-order valence-electron chi connectivity index (χ4n) is 1.29. The molecule has 63 valence electrons. The number of hydrogen-bond acceptors (Lipinski definition) is 0. The third-order valence-electron chi connectivity index (χ3n) is 1.93. The van der Waals surface area contributed by atoms with Crippen LogP contribution in [0.3, 0.4) is 0 Å². The van der Waals surface area contributed by atoms with Crippen molar-refractivity contribution in [3.05, 3.63) is 60.7 Å². The van der Waals surface area contributed by atoms with Gasteiger partial charge in [-0.2, -0.15) is 0 Å². The van der Waals surface area contributed by atoms with E-state index in [4.69, 9.17) is 0 Å². The molecule has 2 rings (SSSR count). The van der Waals surface area contributed by atoms with E-state index in [1.807, 2.05) is 0 Å². The molecule has 0 heterocycles. The fraction of sp³-hybridized carbons (Fsp3) is 0. The van der Waals surface area contributed by atoms with Crippen molar-refractivity contribution in [3.63, 3.8) is 0 Å². The van der Waals surface area contributed by atoms with Crippen molar-refractivity contribution in [2.75, 3.05) is 0 Å². The molecule has 1 heteroatoms. The predicted octanol–water partition coefficient (Wildman–Crippen LogP) is 1.07. The van der Waals surface area contributed by atoms with E-state index in [0.29, 0.717) is 0 Å². The van der Waals surface area contributed by atoms with E-state index >= 15 is 0 Å². The van der Waals surface area contributed by atoms with Crippen LogP contribution in [0.1, 0.15) is 0 Å². The Labute approximate surface area is 88.8 Å². The molecule has 0 spiro atoms. The van der Waals surface area contributed by atoms with Crippen LogP contribution in [0.4, 0.5) is 0 Å². The van der Waals surface area contributed by atoms with Crippen LogP contribution in [0.15, 0.2) is 60.7 Å². The fourth-order valence-corrected chi connectivity index (χ4v) is 4.76. The second-order valence-electron chi connectivity index (χ2n) is 2.97. The van der Waals surface area contributed by atoms with Gasteiger partial charge in [-0.25, -0.2) is 0 Å². The molecule has 0 fully saturated rings. The third kappa shape index (κ3) is 2.59. The van der Waals surface area contributed by atoms with Gasteiger partial charge in [-0.1, -0.05) is 0 Å². The first-order valence-electron chi connectivity index (χ1n) is 4.40. The van der Waals surface area contributed by atoms with Gasteiger partial charge >= 0.3 is 89.0 Å². The summed E-state index contributed by atoms with van der Waals surface area (Å²) >= 11 is -0.699. The van der Waals surface area contributed by atoms with Crippen LogP contribution in [-0.2, 0) is 0 Å². The van der Waals surface area contributed by atoms with Crippen molar-refractivity contribution in [1.29, 1.82) is 0 Å². The quantitative estimate of drug-likeness (QED) is 0.719. The summed E-state index contributed by atoms with van der Waals surface area (Å²) in [5, 5.41) is 0. The number of hydrogen-bond donors (Lipinski definition) is 0. The molecule has 0 aliphatic carbocycles. The molecule has 0 aliphatic heterocycles. The molecule has 0 unspecified atom stereocenters. The average Bonchev–Trinajstić information content (AvgIpc) is 2.21. The average molecular weight is 274 g/mol. The zero-order chi connectivity index (χ0) is 8.93. The predicted molar refractivity (Wildman–Crippen MR) is 59.3 cm³/mol. The second kappa shape index (κ2) is 4.47. The maximum atomic E-state index is 2.24. The van der Waals surface area contributed by atoms with Crippen molar-refractivity contribution < 1.29 is 0 Å². The first-order valence-corrected chi connectivity index (χ1v) is 7.69. The number of benzene rings is 2. The molecule has 0 N–H and O–H groups in total. The van der Waals surface area contributed by atoms with Gasteiger partial charge < -0.3 is 0 Å². The van der Waals surface area contributed by atoms with Crippen LogP contribution in [0.25, 0.3) is 0 Å². The van der Waals surface area contributed by atoms with E-state index in [0.717, 1.165) is 0 Å². The molecule has 1 radical (unpaired) electrons. The van der Waals surface area contributed by atoms with E-state index in [-0.39, 0.29) is 0 Å². The van der Waals surface area contributed by atoms with Crippen LogP contribution < -0.4 is 7.16 Å². The minimum atomic E-state index is -0.699. The molecule has 0 bridgehead atoms. The van der Waals surface area contributed by atoms with E-state index in [1.165, 1.54) is 0 Å². The Morgan fingerprint density at radius 1 is 0.538 bits per heavy atom. The van der Waals surface area contributed by atoms with Crippen LogP contribution in [0, 0.1) is 0 Å². The molecule has 2 aromatic carbocycles. The van der Waals surface area contributed by atoms with Gasteiger partial charge in [0.2, 0.25) is 0 Å². The van der Waals surface area contributed by atoms with Crippen LogP contribution in [0.5, 0.6) is 0 Å². The summed E-state index contributed by atoms with van der Waals surface area (Å²) in [5.41, 5.74) is 0. The Kier molecular flexibility index (Phi) is 3.03. The van der Waals surface area contributed by atoms with Gasteiger partial charge in [-0.05, 0) is 0 Å².